The van der Waals surface area contributed by atoms with Crippen molar-refractivity contribution in [2.24, 2.45) is 16.7 Å². The minimum absolute atomic E-state index is 0.0328. The predicted octanol–water partition coefficient (Wildman–Crippen LogP) is 5.10. The minimum atomic E-state index is -1.47. The van der Waals surface area contributed by atoms with Gasteiger partial charge >= 0.3 is 11.9 Å². The first kappa shape index (κ1) is 28.5. The lowest BCUT2D eigenvalue weighted by Crippen LogP contribution is -2.59. The molecule has 0 radical (unpaired) electrons. The fourth-order valence-electron chi connectivity index (χ4n) is 7.49. The number of hydrogen-bond donors (Lipinski definition) is 1. The van der Waals surface area contributed by atoms with Crippen molar-refractivity contribution in [2.45, 2.75) is 110 Å². The van der Waals surface area contributed by atoms with Gasteiger partial charge in [-0.25, -0.2) is 0 Å². The summed E-state index contributed by atoms with van der Waals surface area (Å²) in [6.45, 7) is 7.53. The lowest BCUT2D eigenvalue weighted by atomic mass is 9.52. The van der Waals surface area contributed by atoms with Crippen LogP contribution in [0.4, 0.5) is 0 Å². The van der Waals surface area contributed by atoms with E-state index >= 15 is 0 Å². The van der Waals surface area contributed by atoms with E-state index in [1.807, 2.05) is 26.8 Å². The molecule has 5 atom stereocenters. The molecule has 0 heterocycles. The van der Waals surface area contributed by atoms with Crippen LogP contribution in [0.15, 0.2) is 34.9 Å². The zero-order valence-corrected chi connectivity index (χ0v) is 23.3. The van der Waals surface area contributed by atoms with Crippen LogP contribution in [-0.4, -0.2) is 46.9 Å². The Bertz CT molecular complexity index is 1100. The minimum Gasteiger partial charge on any atom is -0.457 e. The summed E-state index contributed by atoms with van der Waals surface area (Å²) in [4.78, 5) is 51.2. The van der Waals surface area contributed by atoms with Crippen molar-refractivity contribution in [3.8, 4) is 0 Å². The Morgan fingerprint density at radius 2 is 1.74 bits per heavy atom. The predicted molar refractivity (Wildman–Crippen MR) is 142 cm³/mol. The Hall–Kier alpha value is -2.54. The Balaban J connectivity index is 1.70. The van der Waals surface area contributed by atoms with Gasteiger partial charge in [-0.2, -0.15) is 0 Å². The van der Waals surface area contributed by atoms with Gasteiger partial charge in [0.25, 0.3) is 0 Å². The van der Waals surface area contributed by atoms with Crippen molar-refractivity contribution in [3.05, 3.63) is 34.9 Å². The van der Waals surface area contributed by atoms with Crippen LogP contribution in [0.2, 0.25) is 0 Å². The summed E-state index contributed by atoms with van der Waals surface area (Å²) in [5.74, 6) is -1.36. The average molecular weight is 527 g/mol. The van der Waals surface area contributed by atoms with Crippen molar-refractivity contribution in [1.29, 1.82) is 0 Å². The molecule has 208 valence electrons. The summed E-state index contributed by atoms with van der Waals surface area (Å²) in [6, 6.07) is 0. The molecule has 4 aliphatic rings. The Labute approximate surface area is 225 Å². The van der Waals surface area contributed by atoms with Crippen molar-refractivity contribution < 1.29 is 33.8 Å². The van der Waals surface area contributed by atoms with E-state index in [2.05, 4.69) is 6.92 Å². The van der Waals surface area contributed by atoms with Gasteiger partial charge in [-0.1, -0.05) is 50.8 Å². The van der Waals surface area contributed by atoms with E-state index in [9.17, 15) is 24.3 Å². The van der Waals surface area contributed by atoms with E-state index in [0.29, 0.717) is 38.5 Å². The normalized spacial score (nSPS) is 33.7. The Morgan fingerprint density at radius 3 is 2.42 bits per heavy atom. The number of carbonyl (C=O) groups is 4. The molecule has 1 saturated carbocycles. The van der Waals surface area contributed by atoms with Crippen molar-refractivity contribution in [2.75, 3.05) is 6.61 Å². The molecule has 0 bridgehead atoms. The lowest BCUT2D eigenvalue weighted by molar-refractivity contribution is -0.187. The highest BCUT2D eigenvalue weighted by Gasteiger charge is 2.67. The van der Waals surface area contributed by atoms with E-state index < -0.39 is 46.9 Å². The van der Waals surface area contributed by atoms with Gasteiger partial charge in [0.05, 0.1) is 6.10 Å². The molecule has 7 heteroatoms. The van der Waals surface area contributed by atoms with E-state index in [0.717, 1.165) is 29.6 Å². The van der Waals surface area contributed by atoms with Gasteiger partial charge in [0.1, 0.15) is 0 Å². The number of Topliss-reactive ketones (excluding diaryl/α,β-unsaturated/α-hetero) is 1. The molecule has 1 fully saturated rings. The zero-order chi connectivity index (χ0) is 27.7. The van der Waals surface area contributed by atoms with Crippen LogP contribution in [0.3, 0.4) is 0 Å². The van der Waals surface area contributed by atoms with Gasteiger partial charge in [0.2, 0.25) is 5.78 Å². The number of rotatable bonds is 10. The molecule has 0 spiro atoms. The molecule has 0 saturated heterocycles. The fourth-order valence-corrected chi connectivity index (χ4v) is 7.49. The maximum absolute atomic E-state index is 13.9. The molecule has 0 aromatic rings. The van der Waals surface area contributed by atoms with Crippen LogP contribution in [0.1, 0.15) is 98.3 Å². The second-order valence-electron chi connectivity index (χ2n) is 11.9. The van der Waals surface area contributed by atoms with Crippen LogP contribution in [0.5, 0.6) is 0 Å². The average Bonchev–Trinajstić information content (AvgIpc) is 3.17. The summed E-state index contributed by atoms with van der Waals surface area (Å²) in [5.41, 5.74) is 0.201. The number of aliphatic hydroxyl groups is 1. The van der Waals surface area contributed by atoms with Gasteiger partial charge in [-0.3, -0.25) is 19.2 Å². The first-order valence-corrected chi connectivity index (χ1v) is 14.3. The summed E-state index contributed by atoms with van der Waals surface area (Å²) in [6.07, 6.45) is 10.4. The maximum Gasteiger partial charge on any atom is 0.306 e. The van der Waals surface area contributed by atoms with Gasteiger partial charge in [-0.15, -0.1) is 0 Å². The van der Waals surface area contributed by atoms with Gasteiger partial charge in [0, 0.05) is 23.7 Å². The number of carbonyl (C=O) groups excluding carboxylic acids is 4. The molecular formula is C31H42O7. The standard InChI is InChI=1S/C31H42O7/c1-5-7-9-26(35)37-19-25(34)31(38-27(36)10-8-6-2)16-14-23-22-12-11-20-17-21(32)13-15-29(20,3)28(22)24(33)18-30(23,31)4/h13,15,17,23-24,33H,5-12,14,16,18-19H2,1-4H3/t23-,24-,29-,30-,31-/m0/s1. The molecule has 0 aromatic carbocycles. The summed E-state index contributed by atoms with van der Waals surface area (Å²) >= 11 is 0. The third-order valence-electron chi connectivity index (χ3n) is 9.55. The zero-order valence-electron chi connectivity index (χ0n) is 23.3. The molecule has 38 heavy (non-hydrogen) atoms. The molecule has 4 aliphatic carbocycles. The van der Waals surface area contributed by atoms with Crippen molar-refractivity contribution >= 4 is 23.5 Å². The van der Waals surface area contributed by atoms with Crippen LogP contribution < -0.4 is 0 Å². The van der Waals surface area contributed by atoms with E-state index in [1.165, 1.54) is 0 Å². The first-order chi connectivity index (χ1) is 18.0. The number of allylic oxidation sites excluding steroid dienone is 5. The second kappa shape index (κ2) is 10.9. The number of fused-ring (bicyclic) bond motifs is 4. The van der Waals surface area contributed by atoms with Gasteiger partial charge in [-0.05, 0) is 75.5 Å². The highest BCUT2D eigenvalue weighted by molar-refractivity contribution is 6.01. The summed E-state index contributed by atoms with van der Waals surface area (Å²) in [7, 11) is 0. The quantitative estimate of drug-likeness (QED) is 0.312. The second-order valence-corrected chi connectivity index (χ2v) is 11.9. The number of ether oxygens (including phenoxy) is 2. The molecular weight excluding hydrogens is 484 g/mol. The van der Waals surface area contributed by atoms with Crippen molar-refractivity contribution in [3.63, 3.8) is 0 Å². The van der Waals surface area contributed by atoms with Crippen molar-refractivity contribution in [1.82, 2.24) is 0 Å². The summed E-state index contributed by atoms with van der Waals surface area (Å²) in [5, 5.41) is 11.7. The van der Waals surface area contributed by atoms with Crippen LogP contribution in [0, 0.1) is 16.7 Å². The van der Waals surface area contributed by atoms with Crippen LogP contribution >= 0.6 is 0 Å². The highest BCUT2D eigenvalue weighted by Crippen LogP contribution is 2.65. The van der Waals surface area contributed by atoms with Crippen LogP contribution in [0.25, 0.3) is 0 Å². The third-order valence-corrected chi connectivity index (χ3v) is 9.55. The van der Waals surface area contributed by atoms with Gasteiger partial charge in [0.15, 0.2) is 18.0 Å². The molecule has 4 rings (SSSR count). The maximum atomic E-state index is 13.9. The molecule has 0 amide bonds. The van der Waals surface area contributed by atoms with Gasteiger partial charge < -0.3 is 14.6 Å². The monoisotopic (exact) mass is 526 g/mol. The Kier molecular flexibility index (Phi) is 8.17. The molecule has 0 unspecified atom stereocenters. The number of esters is 2. The summed E-state index contributed by atoms with van der Waals surface area (Å²) < 4.78 is 11.5. The first-order valence-electron chi connectivity index (χ1n) is 14.3. The molecule has 0 aliphatic heterocycles. The highest BCUT2D eigenvalue weighted by atomic mass is 16.6. The Morgan fingerprint density at radius 1 is 1.05 bits per heavy atom. The van der Waals surface area contributed by atoms with E-state index in [4.69, 9.17) is 9.47 Å². The smallest absolute Gasteiger partial charge is 0.306 e. The lowest BCUT2D eigenvalue weighted by Gasteiger charge is -2.54. The number of unbranched alkanes of at least 4 members (excludes halogenated alkanes) is 2. The molecule has 7 nitrogen and oxygen atoms in total. The topological polar surface area (TPSA) is 107 Å². The third kappa shape index (κ3) is 4.72. The largest absolute Gasteiger partial charge is 0.457 e. The number of ketones is 2. The molecule has 0 aromatic heterocycles. The van der Waals surface area contributed by atoms with E-state index in [-0.39, 0.29) is 31.0 Å². The SMILES string of the molecule is CCCCC(=O)OCC(=O)[C@@]1(OC(=O)CCCC)CC[C@H]2C3=C([C@@H](O)C[C@@]21C)[C@@]1(C)C=CC(=O)C=C1CC3. The number of aliphatic hydroxyl groups excluding tert-OH is 1. The van der Waals surface area contributed by atoms with Crippen LogP contribution in [-0.2, 0) is 28.7 Å². The number of hydrogen-bond acceptors (Lipinski definition) is 7. The van der Waals surface area contributed by atoms with E-state index in [1.54, 1.807) is 12.2 Å². The fraction of sp³-hybridized carbons (Fsp3) is 0.677. The molecule has 1 N–H and O–H groups in total.